The molecule has 0 saturated carbocycles. The first-order valence-electron chi connectivity index (χ1n) is 15.7. The molecule has 0 heterocycles. The summed E-state index contributed by atoms with van der Waals surface area (Å²) < 4.78 is 40.4. The highest BCUT2D eigenvalue weighted by Gasteiger charge is 2.35. The van der Waals surface area contributed by atoms with Gasteiger partial charge in [0.15, 0.2) is 11.5 Å². The molecule has 48 heavy (non-hydrogen) atoms. The van der Waals surface area contributed by atoms with Gasteiger partial charge in [-0.05, 0) is 67.8 Å². The van der Waals surface area contributed by atoms with E-state index in [1.807, 2.05) is 75.4 Å². The molecule has 1 N–H and O–H groups in total. The minimum atomic E-state index is -4.35. The van der Waals surface area contributed by atoms with Crippen molar-refractivity contribution in [3.8, 4) is 11.5 Å². The van der Waals surface area contributed by atoms with Gasteiger partial charge in [0, 0.05) is 30.1 Å². The molecule has 0 radical (unpaired) electrons. The maximum Gasteiger partial charge on any atom is 0.264 e. The number of anilines is 1. The molecule has 2 atom stereocenters. The van der Waals surface area contributed by atoms with Crippen molar-refractivity contribution < 1.29 is 27.5 Å². The molecular formula is C37H42ClN3O6S. The summed E-state index contributed by atoms with van der Waals surface area (Å²) in [7, 11) is -1.49. The minimum Gasteiger partial charge on any atom is -0.493 e. The average Bonchev–Trinajstić information content (AvgIpc) is 3.09. The number of ether oxygens (including phenoxy) is 2. The number of amides is 2. The zero-order valence-corrected chi connectivity index (χ0v) is 29.4. The van der Waals surface area contributed by atoms with Gasteiger partial charge in [-0.3, -0.25) is 13.9 Å². The van der Waals surface area contributed by atoms with Gasteiger partial charge in [0.2, 0.25) is 11.8 Å². The SMILES string of the molecule is CC[C@@H](C)NC(=O)[C@H](Cc1ccccc1)N(Cc1ccc(C)cc1)C(=O)CN(c1ccc(Cl)cc1)S(=O)(=O)c1ccc(OC)c(OC)c1. The van der Waals surface area contributed by atoms with Crippen molar-refractivity contribution in [2.75, 3.05) is 25.1 Å². The Morgan fingerprint density at radius 3 is 2.10 bits per heavy atom. The molecule has 0 saturated heterocycles. The first-order valence-corrected chi connectivity index (χ1v) is 17.5. The number of nitrogens with zero attached hydrogens (tertiary/aromatic N) is 2. The number of carbonyl (C=O) groups excluding carboxylic acids is 2. The summed E-state index contributed by atoms with van der Waals surface area (Å²) in [4.78, 5) is 30.0. The van der Waals surface area contributed by atoms with Crippen LogP contribution in [0.15, 0.2) is 102 Å². The van der Waals surface area contributed by atoms with Crippen LogP contribution in [0.25, 0.3) is 0 Å². The van der Waals surface area contributed by atoms with E-state index in [-0.39, 0.29) is 41.2 Å². The largest absolute Gasteiger partial charge is 0.493 e. The van der Waals surface area contributed by atoms with E-state index in [4.69, 9.17) is 21.1 Å². The van der Waals surface area contributed by atoms with Crippen molar-refractivity contribution in [2.24, 2.45) is 0 Å². The Morgan fingerprint density at radius 2 is 1.50 bits per heavy atom. The van der Waals surface area contributed by atoms with E-state index < -0.39 is 28.5 Å². The maximum atomic E-state index is 14.6. The molecule has 4 aromatic rings. The quantitative estimate of drug-likeness (QED) is 0.154. The van der Waals surface area contributed by atoms with Crippen LogP contribution in [0.1, 0.15) is 37.0 Å². The first kappa shape index (κ1) is 36.3. The van der Waals surface area contributed by atoms with E-state index in [1.165, 1.54) is 49.5 Å². The third-order valence-electron chi connectivity index (χ3n) is 8.08. The van der Waals surface area contributed by atoms with E-state index >= 15 is 0 Å². The molecule has 9 nitrogen and oxygen atoms in total. The predicted molar refractivity (Wildman–Crippen MR) is 189 cm³/mol. The van der Waals surface area contributed by atoms with Gasteiger partial charge in [-0.1, -0.05) is 78.7 Å². The lowest BCUT2D eigenvalue weighted by Crippen LogP contribution is -2.54. The van der Waals surface area contributed by atoms with Crippen LogP contribution in [0.3, 0.4) is 0 Å². The highest BCUT2D eigenvalue weighted by atomic mass is 35.5. The molecule has 4 aromatic carbocycles. The molecule has 2 amide bonds. The highest BCUT2D eigenvalue weighted by Crippen LogP contribution is 2.33. The third-order valence-corrected chi connectivity index (χ3v) is 10.1. The molecule has 11 heteroatoms. The molecule has 0 aromatic heterocycles. The number of nitrogens with one attached hydrogen (secondary N) is 1. The number of aryl methyl sites for hydroxylation is 1. The standard InChI is InChI=1S/C37H42ClN3O6S/c1-6-27(3)39-37(43)33(22-28-10-8-7-9-11-28)40(24-29-14-12-26(2)13-15-29)36(42)25-41(31-18-16-30(38)17-19-31)48(44,45)32-20-21-34(46-4)35(23-32)47-5/h7-21,23,27,33H,6,22,24-25H2,1-5H3,(H,39,43)/t27-,33+/m1/s1. The third kappa shape index (κ3) is 9.08. The number of halogens is 1. The second kappa shape index (κ2) is 16.5. The molecule has 0 fully saturated rings. The molecule has 0 unspecified atom stereocenters. The smallest absolute Gasteiger partial charge is 0.264 e. The normalized spacial score (nSPS) is 12.5. The molecule has 0 bridgehead atoms. The van der Waals surface area contributed by atoms with E-state index in [0.29, 0.717) is 17.2 Å². The molecule has 0 aliphatic rings. The second-order valence-corrected chi connectivity index (χ2v) is 13.8. The lowest BCUT2D eigenvalue weighted by molar-refractivity contribution is -0.140. The molecule has 4 rings (SSSR count). The number of hydrogen-bond donors (Lipinski definition) is 1. The Bertz CT molecular complexity index is 1780. The first-order chi connectivity index (χ1) is 23.0. The fourth-order valence-corrected chi connectivity index (χ4v) is 6.68. The average molecular weight is 692 g/mol. The lowest BCUT2D eigenvalue weighted by Gasteiger charge is -2.34. The van der Waals surface area contributed by atoms with E-state index in [0.717, 1.165) is 21.0 Å². The van der Waals surface area contributed by atoms with Gasteiger partial charge in [-0.15, -0.1) is 0 Å². The Morgan fingerprint density at radius 1 is 0.854 bits per heavy atom. The van der Waals surface area contributed by atoms with Crippen LogP contribution in [0, 0.1) is 6.92 Å². The summed E-state index contributed by atoms with van der Waals surface area (Å²) in [6.07, 6.45) is 0.924. The number of rotatable bonds is 15. The number of methoxy groups -OCH3 is 2. The number of hydrogen-bond acceptors (Lipinski definition) is 6. The topological polar surface area (TPSA) is 105 Å². The molecule has 0 aliphatic heterocycles. The van der Waals surface area contributed by atoms with Crippen molar-refractivity contribution in [1.82, 2.24) is 10.2 Å². The fourth-order valence-electron chi connectivity index (χ4n) is 5.13. The summed E-state index contributed by atoms with van der Waals surface area (Å²) in [5.74, 6) is -0.318. The maximum absolute atomic E-state index is 14.6. The Hall–Kier alpha value is -4.54. The van der Waals surface area contributed by atoms with Gasteiger partial charge in [0.25, 0.3) is 10.0 Å². The molecule has 0 aliphatic carbocycles. The van der Waals surface area contributed by atoms with Gasteiger partial charge in [0.1, 0.15) is 12.6 Å². The minimum absolute atomic E-state index is 0.0788. The summed E-state index contributed by atoms with van der Waals surface area (Å²) in [5, 5.41) is 3.45. The van der Waals surface area contributed by atoms with Crippen molar-refractivity contribution in [3.05, 3.63) is 119 Å². The van der Waals surface area contributed by atoms with E-state index in [2.05, 4.69) is 5.32 Å². The number of benzene rings is 4. The summed E-state index contributed by atoms with van der Waals surface area (Å²) in [6, 6.07) is 26.5. The van der Waals surface area contributed by atoms with Gasteiger partial charge >= 0.3 is 0 Å². The molecule has 254 valence electrons. The fraction of sp³-hybridized carbons (Fsp3) is 0.297. The Balaban J connectivity index is 1.82. The van der Waals surface area contributed by atoms with E-state index in [1.54, 1.807) is 12.1 Å². The van der Waals surface area contributed by atoms with Crippen molar-refractivity contribution in [2.45, 2.75) is 57.1 Å². The summed E-state index contributed by atoms with van der Waals surface area (Å²) in [5.41, 5.74) is 2.92. The van der Waals surface area contributed by atoms with Gasteiger partial charge in [0.05, 0.1) is 24.8 Å². The number of sulfonamides is 1. The summed E-state index contributed by atoms with van der Waals surface area (Å²) in [6.45, 7) is 5.33. The highest BCUT2D eigenvalue weighted by molar-refractivity contribution is 7.92. The lowest BCUT2D eigenvalue weighted by atomic mass is 10.0. The monoisotopic (exact) mass is 691 g/mol. The molecular weight excluding hydrogens is 650 g/mol. The zero-order chi connectivity index (χ0) is 34.8. The Labute approximate surface area is 288 Å². The van der Waals surface area contributed by atoms with Crippen molar-refractivity contribution >= 4 is 39.1 Å². The van der Waals surface area contributed by atoms with E-state index in [9.17, 15) is 18.0 Å². The van der Waals surface area contributed by atoms with Crippen molar-refractivity contribution in [1.29, 1.82) is 0 Å². The summed E-state index contributed by atoms with van der Waals surface area (Å²) >= 11 is 6.17. The van der Waals surface area contributed by atoms with Gasteiger partial charge in [-0.25, -0.2) is 8.42 Å². The van der Waals surface area contributed by atoms with Crippen LogP contribution in [-0.4, -0.2) is 58.0 Å². The van der Waals surface area contributed by atoms with Crippen LogP contribution in [0.2, 0.25) is 5.02 Å². The zero-order valence-electron chi connectivity index (χ0n) is 27.9. The van der Waals surface area contributed by atoms with Crippen molar-refractivity contribution in [3.63, 3.8) is 0 Å². The second-order valence-electron chi connectivity index (χ2n) is 11.5. The molecule has 0 spiro atoms. The van der Waals surface area contributed by atoms with Crippen LogP contribution in [-0.2, 0) is 32.6 Å². The predicted octanol–water partition coefficient (Wildman–Crippen LogP) is 6.42. The van der Waals surface area contributed by atoms with Gasteiger partial charge < -0.3 is 19.7 Å². The number of carbonyl (C=O) groups is 2. The Kier molecular flexibility index (Phi) is 12.5. The van der Waals surface area contributed by atoms with Crippen LogP contribution in [0.5, 0.6) is 11.5 Å². The van der Waals surface area contributed by atoms with Crippen LogP contribution >= 0.6 is 11.6 Å². The van der Waals surface area contributed by atoms with Gasteiger partial charge in [-0.2, -0.15) is 0 Å². The van der Waals surface area contributed by atoms with Crippen LogP contribution in [0.4, 0.5) is 5.69 Å². The van der Waals surface area contributed by atoms with Crippen LogP contribution < -0.4 is 19.1 Å².